The largest absolute Gasteiger partial charge is 0.457 e. The van der Waals surface area contributed by atoms with E-state index >= 15 is 0 Å². The van der Waals surface area contributed by atoms with E-state index in [0.29, 0.717) is 17.0 Å². The molecule has 0 atom stereocenters. The third-order valence-electron chi connectivity index (χ3n) is 3.69. The summed E-state index contributed by atoms with van der Waals surface area (Å²) in [5.41, 5.74) is 7.21. The molecule has 5 nitrogen and oxygen atoms in total. The van der Waals surface area contributed by atoms with Gasteiger partial charge in [0.15, 0.2) is 5.96 Å². The van der Waals surface area contributed by atoms with Crippen molar-refractivity contribution in [1.29, 1.82) is 5.26 Å². The third kappa shape index (κ3) is 5.06. The number of guanidine groups is 1. The van der Waals surface area contributed by atoms with E-state index in [4.69, 9.17) is 15.7 Å². The number of hydrogen-bond donors (Lipinski definition) is 2. The number of nitrogens with two attached hydrogens (primary N) is 1. The van der Waals surface area contributed by atoms with Crippen molar-refractivity contribution < 1.29 is 9.13 Å². The lowest BCUT2D eigenvalue weighted by Gasteiger charge is -2.09. The summed E-state index contributed by atoms with van der Waals surface area (Å²) in [6, 6.07) is 22.8. The van der Waals surface area contributed by atoms with Crippen molar-refractivity contribution in [1.82, 2.24) is 0 Å². The second kappa shape index (κ2) is 8.50. The van der Waals surface area contributed by atoms with Crippen LogP contribution in [0.2, 0.25) is 0 Å². The van der Waals surface area contributed by atoms with Gasteiger partial charge in [-0.2, -0.15) is 5.26 Å². The molecule has 0 spiro atoms. The number of para-hydroxylation sites is 1. The summed E-state index contributed by atoms with van der Waals surface area (Å²) >= 11 is 0. The summed E-state index contributed by atoms with van der Waals surface area (Å²) in [7, 11) is 0. The number of benzene rings is 3. The Hall–Kier alpha value is -3.85. The number of hydrogen-bond acceptors (Lipinski definition) is 3. The number of nitriles is 1. The van der Waals surface area contributed by atoms with Crippen molar-refractivity contribution in [3.05, 3.63) is 89.7 Å². The van der Waals surface area contributed by atoms with E-state index in [1.165, 1.54) is 12.1 Å². The van der Waals surface area contributed by atoms with Crippen LogP contribution in [0, 0.1) is 17.1 Å². The highest BCUT2D eigenvalue weighted by molar-refractivity contribution is 5.92. The van der Waals surface area contributed by atoms with E-state index in [9.17, 15) is 4.39 Å². The van der Waals surface area contributed by atoms with Crippen molar-refractivity contribution >= 4 is 11.6 Å². The van der Waals surface area contributed by atoms with E-state index in [1.807, 2.05) is 54.6 Å². The molecule has 3 rings (SSSR count). The monoisotopic (exact) mass is 360 g/mol. The van der Waals surface area contributed by atoms with E-state index in [1.54, 1.807) is 12.1 Å². The highest BCUT2D eigenvalue weighted by Gasteiger charge is 2.04. The maximum atomic E-state index is 13.9. The number of nitrogens with zero attached hydrogens (tertiary/aromatic N) is 2. The van der Waals surface area contributed by atoms with Gasteiger partial charge in [-0.25, -0.2) is 9.38 Å². The fourth-order valence-corrected chi connectivity index (χ4v) is 2.36. The van der Waals surface area contributed by atoms with Crippen LogP contribution in [0.1, 0.15) is 11.1 Å². The molecule has 6 heteroatoms. The molecule has 27 heavy (non-hydrogen) atoms. The summed E-state index contributed by atoms with van der Waals surface area (Å²) in [5.74, 6) is 1.05. The highest BCUT2D eigenvalue weighted by Crippen LogP contribution is 2.23. The predicted octanol–water partition coefficient (Wildman–Crippen LogP) is 4.42. The topological polar surface area (TPSA) is 83.4 Å². The predicted molar refractivity (Wildman–Crippen MR) is 103 cm³/mol. The fraction of sp³-hybridized carbons (Fsp3) is 0.0476. The number of nitrogens with one attached hydrogen (secondary N) is 1. The quantitative estimate of drug-likeness (QED) is 0.521. The lowest BCUT2D eigenvalue weighted by Crippen LogP contribution is -2.22. The smallest absolute Gasteiger partial charge is 0.193 e. The van der Waals surface area contributed by atoms with Crippen LogP contribution in [0.5, 0.6) is 11.5 Å². The van der Waals surface area contributed by atoms with Crippen LogP contribution in [0.3, 0.4) is 0 Å². The van der Waals surface area contributed by atoms with Crippen LogP contribution in [0.25, 0.3) is 0 Å². The minimum absolute atomic E-state index is 0.0661. The first-order chi connectivity index (χ1) is 13.1. The van der Waals surface area contributed by atoms with Gasteiger partial charge >= 0.3 is 0 Å². The number of ether oxygens (including phenoxy) is 1. The Kier molecular flexibility index (Phi) is 5.65. The molecule has 0 aliphatic heterocycles. The lowest BCUT2D eigenvalue weighted by molar-refractivity contribution is 0.483. The Morgan fingerprint density at radius 1 is 1.04 bits per heavy atom. The molecule has 0 bridgehead atoms. The summed E-state index contributed by atoms with van der Waals surface area (Å²) in [4.78, 5) is 4.14. The summed E-state index contributed by atoms with van der Waals surface area (Å²) in [6.45, 7) is 0.0661. The number of anilines is 1. The zero-order valence-electron chi connectivity index (χ0n) is 14.4. The first kappa shape index (κ1) is 18.0. The van der Waals surface area contributed by atoms with Crippen LogP contribution < -0.4 is 15.8 Å². The molecule has 0 amide bonds. The van der Waals surface area contributed by atoms with Gasteiger partial charge < -0.3 is 15.8 Å². The summed E-state index contributed by atoms with van der Waals surface area (Å²) < 4.78 is 19.6. The second-order valence-electron chi connectivity index (χ2n) is 5.69. The van der Waals surface area contributed by atoms with Gasteiger partial charge in [0.1, 0.15) is 17.3 Å². The minimum Gasteiger partial charge on any atom is -0.457 e. The van der Waals surface area contributed by atoms with Gasteiger partial charge in [0.25, 0.3) is 0 Å². The molecule has 3 aromatic rings. The lowest BCUT2D eigenvalue weighted by atomic mass is 10.1. The molecule has 0 fully saturated rings. The second-order valence-corrected chi connectivity index (χ2v) is 5.69. The van der Waals surface area contributed by atoms with Crippen molar-refractivity contribution in [3.63, 3.8) is 0 Å². The Morgan fingerprint density at radius 2 is 1.81 bits per heavy atom. The van der Waals surface area contributed by atoms with Gasteiger partial charge in [-0.15, -0.1) is 0 Å². The number of aliphatic imine (C=N–C) groups is 1. The standard InChI is InChI=1S/C21H17FN4O/c22-20-11-15(13-23)9-10-16(20)14-25-21(24)26-17-5-4-8-19(12-17)27-18-6-2-1-3-7-18/h1-12H,14H2,(H3,24,25,26). The average Bonchev–Trinajstić information content (AvgIpc) is 2.68. The van der Waals surface area contributed by atoms with Crippen LogP contribution >= 0.6 is 0 Å². The molecule has 134 valence electrons. The van der Waals surface area contributed by atoms with Crippen molar-refractivity contribution in [3.8, 4) is 17.6 Å². The minimum atomic E-state index is -0.483. The maximum Gasteiger partial charge on any atom is 0.193 e. The first-order valence-corrected chi connectivity index (χ1v) is 8.22. The number of halogens is 1. The molecular formula is C21H17FN4O. The van der Waals surface area contributed by atoms with Crippen LogP contribution in [-0.2, 0) is 6.54 Å². The molecule has 3 N–H and O–H groups in total. The Labute approximate surface area is 156 Å². The molecule has 0 aromatic heterocycles. The van der Waals surface area contributed by atoms with Crippen molar-refractivity contribution in [2.45, 2.75) is 6.54 Å². The summed E-state index contributed by atoms with van der Waals surface area (Å²) in [6.07, 6.45) is 0. The molecule has 0 saturated carbocycles. The van der Waals surface area contributed by atoms with Crippen molar-refractivity contribution in [2.75, 3.05) is 5.32 Å². The molecule has 0 radical (unpaired) electrons. The first-order valence-electron chi connectivity index (χ1n) is 8.22. The van der Waals surface area contributed by atoms with Gasteiger partial charge in [-0.1, -0.05) is 30.3 Å². The molecular weight excluding hydrogens is 343 g/mol. The maximum absolute atomic E-state index is 13.9. The van der Waals surface area contributed by atoms with Gasteiger partial charge in [0.2, 0.25) is 0 Å². The molecule has 0 unspecified atom stereocenters. The SMILES string of the molecule is N#Cc1ccc(CN=C(N)Nc2cccc(Oc3ccccc3)c2)c(F)c1. The average molecular weight is 360 g/mol. The van der Waals surface area contributed by atoms with E-state index in [0.717, 1.165) is 5.75 Å². The zero-order chi connectivity index (χ0) is 19.1. The Morgan fingerprint density at radius 3 is 2.56 bits per heavy atom. The van der Waals surface area contributed by atoms with E-state index in [-0.39, 0.29) is 18.1 Å². The van der Waals surface area contributed by atoms with E-state index < -0.39 is 5.82 Å². The summed E-state index contributed by atoms with van der Waals surface area (Å²) in [5, 5.41) is 11.7. The molecule has 0 aliphatic carbocycles. The Bertz CT molecular complexity index is 997. The molecule has 0 aliphatic rings. The normalized spacial score (nSPS) is 10.9. The molecule has 0 saturated heterocycles. The van der Waals surface area contributed by atoms with Crippen LogP contribution in [-0.4, -0.2) is 5.96 Å². The number of rotatable bonds is 5. The highest BCUT2D eigenvalue weighted by atomic mass is 19.1. The van der Waals surface area contributed by atoms with Crippen LogP contribution in [0.15, 0.2) is 77.8 Å². The van der Waals surface area contributed by atoms with Gasteiger partial charge in [-0.05, 0) is 36.4 Å². The fourth-order valence-electron chi connectivity index (χ4n) is 2.36. The van der Waals surface area contributed by atoms with Crippen LogP contribution in [0.4, 0.5) is 10.1 Å². The Balaban J connectivity index is 1.65. The van der Waals surface area contributed by atoms with Crippen molar-refractivity contribution in [2.24, 2.45) is 10.7 Å². The zero-order valence-corrected chi connectivity index (χ0v) is 14.4. The van der Waals surface area contributed by atoms with Gasteiger partial charge in [0, 0.05) is 17.3 Å². The molecule has 3 aromatic carbocycles. The van der Waals surface area contributed by atoms with Gasteiger partial charge in [-0.3, -0.25) is 0 Å². The van der Waals surface area contributed by atoms with E-state index in [2.05, 4.69) is 10.3 Å². The van der Waals surface area contributed by atoms with Gasteiger partial charge in [0.05, 0.1) is 18.2 Å². The molecule has 0 heterocycles. The third-order valence-corrected chi connectivity index (χ3v) is 3.69.